The summed E-state index contributed by atoms with van der Waals surface area (Å²) < 4.78 is 33.7. The predicted molar refractivity (Wildman–Crippen MR) is 122 cm³/mol. The number of anilines is 1. The number of carbonyl (C=O) groups is 6. The summed E-state index contributed by atoms with van der Waals surface area (Å²) in [4.78, 5) is 66.8. The number of hydrogen-bond acceptors (Lipinski definition) is 8. The van der Waals surface area contributed by atoms with Gasteiger partial charge in [0.1, 0.15) is 0 Å². The Morgan fingerprint density at radius 3 is 1.81 bits per heavy atom. The molecule has 4 amide bonds. The quantitative estimate of drug-likeness (QED) is 0.303. The van der Waals surface area contributed by atoms with Crippen molar-refractivity contribution < 1.29 is 52.0 Å². The molecule has 2 aliphatic rings. The van der Waals surface area contributed by atoms with Crippen molar-refractivity contribution in [1.29, 1.82) is 0 Å². The minimum atomic E-state index is -5.40. The van der Waals surface area contributed by atoms with Crippen molar-refractivity contribution in [3.05, 3.63) is 42.0 Å². The molecule has 1 unspecified atom stereocenters. The molecule has 1 atom stereocenters. The fourth-order valence-electron chi connectivity index (χ4n) is 3.64. The lowest BCUT2D eigenvalue weighted by Crippen LogP contribution is -2.61. The molecule has 1 fully saturated rings. The maximum absolute atomic E-state index is 12.0. The van der Waals surface area contributed by atoms with Crippen LogP contribution >= 0.6 is 0 Å². The van der Waals surface area contributed by atoms with Crippen LogP contribution in [0, 0.1) is 0 Å². The zero-order chi connectivity index (χ0) is 27.3. The maximum Gasteiger partial charge on any atom is 0.348 e. The summed E-state index contributed by atoms with van der Waals surface area (Å²) in [6.07, 6.45) is 1.48. The average Bonchev–Trinajstić information content (AvgIpc) is 3.29. The average molecular weight is 525 g/mol. The molecular weight excluding hydrogens is 500 g/mol. The molecular formula is C22H24N2O11S. The van der Waals surface area contributed by atoms with Crippen LogP contribution in [0.4, 0.5) is 5.69 Å². The van der Waals surface area contributed by atoms with Crippen molar-refractivity contribution in [2.75, 3.05) is 4.90 Å². The van der Waals surface area contributed by atoms with Crippen LogP contribution in [0.1, 0.15) is 44.6 Å². The minimum Gasteiger partial charge on any atom is -0.481 e. The number of carboxylic acid groups (broad SMARTS) is 2. The zero-order valence-corrected chi connectivity index (χ0v) is 19.9. The number of amides is 4. The highest BCUT2D eigenvalue weighted by Crippen LogP contribution is 2.33. The summed E-state index contributed by atoms with van der Waals surface area (Å²) in [6.45, 7) is 1.84. The molecule has 1 saturated heterocycles. The smallest absolute Gasteiger partial charge is 0.348 e. The highest BCUT2D eigenvalue weighted by atomic mass is 32.2. The van der Waals surface area contributed by atoms with Gasteiger partial charge in [0, 0.05) is 37.8 Å². The topological polar surface area (TPSA) is 204 Å². The van der Waals surface area contributed by atoms with E-state index in [9.17, 15) is 46.8 Å². The Kier molecular flexibility index (Phi) is 8.83. The third-order valence-corrected chi connectivity index (χ3v) is 6.81. The molecule has 0 aliphatic carbocycles. The first-order valence-corrected chi connectivity index (χ1v) is 12.1. The van der Waals surface area contributed by atoms with Crippen LogP contribution < -0.4 is 4.90 Å². The van der Waals surface area contributed by atoms with E-state index in [1.165, 1.54) is 24.3 Å². The molecule has 0 spiro atoms. The van der Waals surface area contributed by atoms with Gasteiger partial charge in [0.2, 0.25) is 11.8 Å². The van der Waals surface area contributed by atoms with E-state index in [2.05, 4.69) is 0 Å². The molecule has 36 heavy (non-hydrogen) atoms. The molecule has 0 bridgehead atoms. The van der Waals surface area contributed by atoms with Gasteiger partial charge in [-0.05, 0) is 30.5 Å². The zero-order valence-electron chi connectivity index (χ0n) is 19.1. The van der Waals surface area contributed by atoms with Crippen LogP contribution in [0.3, 0.4) is 0 Å². The Hall–Kier alpha value is -3.91. The van der Waals surface area contributed by atoms with Gasteiger partial charge in [0.15, 0.2) is 0 Å². The van der Waals surface area contributed by atoms with Crippen molar-refractivity contribution >= 4 is 51.4 Å². The molecule has 1 aromatic rings. The van der Waals surface area contributed by atoms with Gasteiger partial charge in [-0.3, -0.25) is 28.5 Å². The van der Waals surface area contributed by atoms with E-state index in [1.807, 2.05) is 6.92 Å². The third kappa shape index (κ3) is 5.83. The second kappa shape index (κ2) is 11.2. The van der Waals surface area contributed by atoms with E-state index >= 15 is 0 Å². The molecule has 194 valence electrons. The van der Waals surface area contributed by atoms with Crippen LogP contribution in [0.25, 0.3) is 0 Å². The van der Waals surface area contributed by atoms with Gasteiger partial charge in [-0.15, -0.1) is 0 Å². The summed E-state index contributed by atoms with van der Waals surface area (Å²) in [5, 5.41) is 17.5. The summed E-state index contributed by atoms with van der Waals surface area (Å²) in [5.41, 5.74) is 0.641. The van der Waals surface area contributed by atoms with E-state index < -0.39 is 57.0 Å². The summed E-state index contributed by atoms with van der Waals surface area (Å²) >= 11 is 0. The van der Waals surface area contributed by atoms with E-state index in [1.54, 1.807) is 0 Å². The van der Waals surface area contributed by atoms with Crippen LogP contribution in [0.15, 0.2) is 36.4 Å². The van der Waals surface area contributed by atoms with Gasteiger partial charge >= 0.3 is 22.1 Å². The van der Waals surface area contributed by atoms with E-state index in [-0.39, 0.29) is 29.8 Å². The molecule has 0 saturated carbocycles. The Labute approximate surface area is 205 Å². The van der Waals surface area contributed by atoms with Gasteiger partial charge in [-0.25, -0.2) is 14.6 Å². The van der Waals surface area contributed by atoms with E-state index in [4.69, 9.17) is 5.11 Å². The fourth-order valence-corrected chi connectivity index (χ4v) is 4.66. The van der Waals surface area contributed by atoms with E-state index in [0.29, 0.717) is 12.0 Å². The van der Waals surface area contributed by atoms with Crippen molar-refractivity contribution in [2.45, 2.75) is 50.3 Å². The fraction of sp³-hybridized carbons (Fsp3) is 0.364. The van der Waals surface area contributed by atoms with Crippen molar-refractivity contribution in [3.63, 3.8) is 0 Å². The number of imide groups is 2. The highest BCUT2D eigenvalue weighted by Gasteiger charge is 2.60. The molecule has 2 aliphatic heterocycles. The van der Waals surface area contributed by atoms with Crippen LogP contribution in [-0.4, -0.2) is 68.5 Å². The molecule has 3 rings (SSSR count). The first kappa shape index (κ1) is 28.3. The monoisotopic (exact) mass is 524 g/mol. The third-order valence-electron chi connectivity index (χ3n) is 5.39. The number of aliphatic carboxylic acids is 2. The Bertz CT molecular complexity index is 1190. The number of hydrogen-bond donors (Lipinski definition) is 3. The summed E-state index contributed by atoms with van der Waals surface area (Å²) in [7, 11) is -5.40. The number of carbonyl (C=O) groups excluding carboxylic acids is 4. The SMILES string of the molecule is CCCC(=O)O.O=C1C=CC(=O)N1c1ccc(CCC(C(=O)O)(N2C(=O)CCC2=O)S(=O)(=O)O)cc1. The second-order valence-corrected chi connectivity index (χ2v) is 9.47. The van der Waals surface area contributed by atoms with Gasteiger partial charge in [0.05, 0.1) is 5.69 Å². The Balaban J connectivity index is 0.000000678. The van der Waals surface area contributed by atoms with E-state index in [0.717, 1.165) is 23.5 Å². The number of aryl methyl sites for hydroxylation is 1. The van der Waals surface area contributed by atoms with Gasteiger partial charge in [-0.2, -0.15) is 8.42 Å². The number of likely N-dealkylation sites (tertiary alicyclic amines) is 1. The first-order chi connectivity index (χ1) is 16.8. The van der Waals surface area contributed by atoms with Gasteiger partial charge < -0.3 is 10.2 Å². The normalized spacial score (nSPS) is 17.2. The minimum absolute atomic E-state index is 0.103. The van der Waals surface area contributed by atoms with Gasteiger partial charge in [0.25, 0.3) is 16.7 Å². The maximum atomic E-state index is 12.0. The van der Waals surface area contributed by atoms with Gasteiger partial charge in [-0.1, -0.05) is 19.1 Å². The van der Waals surface area contributed by atoms with Crippen molar-refractivity contribution in [3.8, 4) is 0 Å². The molecule has 2 heterocycles. The number of rotatable bonds is 9. The molecule has 1 aromatic carbocycles. The van der Waals surface area contributed by atoms with Crippen LogP contribution in [-0.2, 0) is 45.3 Å². The summed E-state index contributed by atoms with van der Waals surface area (Å²) in [5.74, 6) is -5.84. The van der Waals surface area contributed by atoms with Crippen molar-refractivity contribution in [2.24, 2.45) is 0 Å². The lowest BCUT2D eigenvalue weighted by atomic mass is 10.0. The van der Waals surface area contributed by atoms with Crippen molar-refractivity contribution in [1.82, 2.24) is 4.90 Å². The standard InChI is InChI=1S/C18H16N2O9S.C4H8O2/c21-13-5-6-14(22)19(13)12-3-1-11(2-4-12)9-10-18(17(25)26,30(27,28)29)20-15(23)7-8-16(20)24;1-2-3-4(5)6/h1-6H,7-10H2,(H,25,26)(H,27,28,29);2-3H2,1H3,(H,5,6). The summed E-state index contributed by atoms with van der Waals surface area (Å²) in [6, 6.07) is 5.66. The molecule has 0 aromatic heterocycles. The van der Waals surface area contributed by atoms with Crippen LogP contribution in [0.2, 0.25) is 0 Å². The number of carboxylic acids is 2. The number of nitrogens with zero attached hydrogens (tertiary/aromatic N) is 2. The molecule has 3 N–H and O–H groups in total. The van der Waals surface area contributed by atoms with Crippen LogP contribution in [0.5, 0.6) is 0 Å². The second-order valence-electron chi connectivity index (χ2n) is 7.84. The first-order valence-electron chi connectivity index (χ1n) is 10.7. The predicted octanol–water partition coefficient (Wildman–Crippen LogP) is 0.737. The lowest BCUT2D eigenvalue weighted by Gasteiger charge is -2.33. The highest BCUT2D eigenvalue weighted by molar-refractivity contribution is 7.88. The molecule has 14 heteroatoms. The molecule has 0 radical (unpaired) electrons. The Morgan fingerprint density at radius 2 is 1.44 bits per heavy atom. The lowest BCUT2D eigenvalue weighted by molar-refractivity contribution is -0.157. The Morgan fingerprint density at radius 1 is 0.944 bits per heavy atom. The number of benzene rings is 1. The molecule has 13 nitrogen and oxygen atoms in total. The largest absolute Gasteiger partial charge is 0.481 e.